The van der Waals surface area contributed by atoms with Crippen molar-refractivity contribution >= 4 is 11.9 Å². The fourth-order valence-electron chi connectivity index (χ4n) is 2.91. The zero-order valence-electron chi connectivity index (χ0n) is 16.2. The minimum absolute atomic E-state index is 0.450. The molecular weight excluding hydrogens is 340 g/mol. The Bertz CT molecular complexity index is 833. The van der Waals surface area contributed by atoms with E-state index in [0.29, 0.717) is 11.5 Å². The van der Waals surface area contributed by atoms with Crippen molar-refractivity contribution in [3.8, 4) is 11.5 Å². The summed E-state index contributed by atoms with van der Waals surface area (Å²) in [6.45, 7) is 14.7. The highest BCUT2D eigenvalue weighted by atomic mass is 16.5. The maximum Gasteiger partial charge on any atom is 0.335 e. The maximum absolute atomic E-state index is 11.8. The molecule has 0 saturated heterocycles. The molecule has 2 aromatic carbocycles. The highest BCUT2D eigenvalue weighted by Crippen LogP contribution is 2.42. The highest BCUT2D eigenvalue weighted by molar-refractivity contribution is 5.84. The molecule has 0 saturated carbocycles. The van der Waals surface area contributed by atoms with E-state index < -0.39 is 17.4 Å². The number of hydrogen-bond acceptors (Lipinski definition) is 4. The van der Waals surface area contributed by atoms with E-state index in [1.165, 1.54) is 0 Å². The molecule has 0 aliphatic rings. The van der Waals surface area contributed by atoms with Crippen molar-refractivity contribution in [2.45, 2.75) is 33.1 Å². The molecule has 0 amide bonds. The molecule has 4 nitrogen and oxygen atoms in total. The quantitative estimate of drug-likeness (QED) is 0.419. The standard InChI is InChI=1S/C23H24O4/c1-7-21(24)26-19-13-15(3)9-11-17(19)23(5,6)18-12-10-16(4)14-20(18)27-22(25)8-2/h7-14H,1-2H2,3-6H3. The lowest BCUT2D eigenvalue weighted by Crippen LogP contribution is -2.23. The largest absolute Gasteiger partial charge is 0.423 e. The number of benzene rings is 2. The lowest BCUT2D eigenvalue weighted by Gasteiger charge is -2.29. The second-order valence-corrected chi connectivity index (χ2v) is 6.87. The summed E-state index contributed by atoms with van der Waals surface area (Å²) in [5, 5.41) is 0. The van der Waals surface area contributed by atoms with Crippen LogP contribution in [0.15, 0.2) is 61.7 Å². The molecule has 0 atom stereocenters. The van der Waals surface area contributed by atoms with Crippen molar-refractivity contribution in [2.75, 3.05) is 0 Å². The van der Waals surface area contributed by atoms with E-state index in [1.54, 1.807) is 0 Å². The molecule has 0 aliphatic heterocycles. The van der Waals surface area contributed by atoms with E-state index in [0.717, 1.165) is 34.4 Å². The third kappa shape index (κ3) is 4.53. The number of rotatable bonds is 6. The fraction of sp³-hybridized carbons (Fsp3) is 0.217. The van der Waals surface area contributed by atoms with Crippen molar-refractivity contribution in [3.05, 3.63) is 84.0 Å². The number of hydrogen-bond donors (Lipinski definition) is 0. The van der Waals surface area contributed by atoms with Gasteiger partial charge in [0.1, 0.15) is 11.5 Å². The van der Waals surface area contributed by atoms with Gasteiger partial charge in [0.05, 0.1) is 0 Å². The van der Waals surface area contributed by atoms with E-state index in [9.17, 15) is 9.59 Å². The highest BCUT2D eigenvalue weighted by Gasteiger charge is 2.31. The Balaban J connectivity index is 2.62. The van der Waals surface area contributed by atoms with E-state index >= 15 is 0 Å². The molecule has 0 heterocycles. The zero-order valence-corrected chi connectivity index (χ0v) is 16.2. The number of carbonyl (C=O) groups excluding carboxylic acids is 2. The van der Waals surface area contributed by atoms with Crippen LogP contribution in [0, 0.1) is 13.8 Å². The number of carbonyl (C=O) groups is 2. The molecule has 0 aliphatic carbocycles. The van der Waals surface area contributed by atoms with E-state index in [4.69, 9.17) is 9.47 Å². The van der Waals surface area contributed by atoms with Gasteiger partial charge in [-0.1, -0.05) is 51.3 Å². The predicted molar refractivity (Wildman–Crippen MR) is 106 cm³/mol. The van der Waals surface area contributed by atoms with Crippen LogP contribution in [0.1, 0.15) is 36.1 Å². The molecule has 0 fully saturated rings. The van der Waals surface area contributed by atoms with Crippen LogP contribution in [0.3, 0.4) is 0 Å². The first-order chi connectivity index (χ1) is 12.7. The summed E-state index contributed by atoms with van der Waals surface area (Å²) in [7, 11) is 0. The van der Waals surface area contributed by atoms with Crippen molar-refractivity contribution in [2.24, 2.45) is 0 Å². The molecule has 140 valence electrons. The molecule has 2 rings (SSSR count). The average molecular weight is 364 g/mol. The molecule has 0 bridgehead atoms. The van der Waals surface area contributed by atoms with Gasteiger partial charge in [-0.05, 0) is 37.1 Å². The molecule has 0 unspecified atom stereocenters. The monoisotopic (exact) mass is 364 g/mol. The Morgan fingerprint density at radius 1 is 0.815 bits per heavy atom. The fourth-order valence-corrected chi connectivity index (χ4v) is 2.91. The van der Waals surface area contributed by atoms with Crippen LogP contribution in [0.25, 0.3) is 0 Å². The van der Waals surface area contributed by atoms with Gasteiger partial charge in [-0.15, -0.1) is 0 Å². The first-order valence-electron chi connectivity index (χ1n) is 8.59. The molecule has 0 spiro atoms. The lowest BCUT2D eigenvalue weighted by atomic mass is 9.76. The molecule has 2 aromatic rings. The Hall–Kier alpha value is -3.14. The SMILES string of the molecule is C=CC(=O)Oc1cc(C)ccc1C(C)(C)c1ccc(C)cc1OC(=O)C=C. The minimum atomic E-state index is -0.602. The average Bonchev–Trinajstić information content (AvgIpc) is 2.61. The van der Waals surface area contributed by atoms with Crippen molar-refractivity contribution < 1.29 is 19.1 Å². The van der Waals surface area contributed by atoms with Crippen LogP contribution in [0.2, 0.25) is 0 Å². The number of esters is 2. The van der Waals surface area contributed by atoms with Crippen LogP contribution in [0.5, 0.6) is 11.5 Å². The van der Waals surface area contributed by atoms with Gasteiger partial charge < -0.3 is 9.47 Å². The van der Waals surface area contributed by atoms with Crippen molar-refractivity contribution in [1.82, 2.24) is 0 Å². The summed E-state index contributed by atoms with van der Waals surface area (Å²) < 4.78 is 10.9. The minimum Gasteiger partial charge on any atom is -0.423 e. The Labute approximate surface area is 160 Å². The van der Waals surface area contributed by atoms with Gasteiger partial charge in [-0.25, -0.2) is 9.59 Å². The predicted octanol–water partition coefficient (Wildman–Crippen LogP) is 4.81. The van der Waals surface area contributed by atoms with Gasteiger partial charge in [0, 0.05) is 28.7 Å². The molecule has 4 heteroatoms. The van der Waals surface area contributed by atoms with Gasteiger partial charge >= 0.3 is 11.9 Å². The molecular formula is C23H24O4. The molecule has 0 N–H and O–H groups in total. The van der Waals surface area contributed by atoms with Crippen LogP contribution in [-0.4, -0.2) is 11.9 Å². The second kappa shape index (κ2) is 8.04. The van der Waals surface area contributed by atoms with Gasteiger partial charge in [-0.3, -0.25) is 0 Å². The third-order valence-corrected chi connectivity index (χ3v) is 4.38. The summed E-state index contributed by atoms with van der Waals surface area (Å²) in [6.07, 6.45) is 2.25. The van der Waals surface area contributed by atoms with Gasteiger partial charge in [0.25, 0.3) is 0 Å². The third-order valence-electron chi connectivity index (χ3n) is 4.38. The smallest absolute Gasteiger partial charge is 0.335 e. The Morgan fingerprint density at radius 3 is 1.52 bits per heavy atom. The van der Waals surface area contributed by atoms with E-state index in [2.05, 4.69) is 13.2 Å². The Kier molecular flexibility index (Phi) is 6.01. The summed E-state index contributed by atoms with van der Waals surface area (Å²) in [4.78, 5) is 23.6. The van der Waals surface area contributed by atoms with Crippen molar-refractivity contribution in [3.63, 3.8) is 0 Å². The zero-order chi connectivity index (χ0) is 20.2. The summed E-state index contributed by atoms with van der Waals surface area (Å²) >= 11 is 0. The Morgan fingerprint density at radius 2 is 1.19 bits per heavy atom. The summed E-state index contributed by atoms with van der Waals surface area (Å²) in [5.74, 6) is -0.155. The summed E-state index contributed by atoms with van der Waals surface area (Å²) in [6, 6.07) is 11.3. The van der Waals surface area contributed by atoms with Gasteiger partial charge in [-0.2, -0.15) is 0 Å². The van der Waals surface area contributed by atoms with E-state index in [1.807, 2.05) is 64.1 Å². The number of ether oxygens (including phenoxy) is 2. The van der Waals surface area contributed by atoms with E-state index in [-0.39, 0.29) is 0 Å². The van der Waals surface area contributed by atoms with Crippen LogP contribution in [0.4, 0.5) is 0 Å². The number of aryl methyl sites for hydroxylation is 2. The first-order valence-corrected chi connectivity index (χ1v) is 8.59. The van der Waals surface area contributed by atoms with Crippen LogP contribution >= 0.6 is 0 Å². The van der Waals surface area contributed by atoms with Crippen LogP contribution < -0.4 is 9.47 Å². The lowest BCUT2D eigenvalue weighted by molar-refractivity contribution is -0.129. The normalized spacial score (nSPS) is 10.8. The summed E-state index contributed by atoms with van der Waals surface area (Å²) in [5.41, 5.74) is 2.91. The van der Waals surface area contributed by atoms with Crippen molar-refractivity contribution in [1.29, 1.82) is 0 Å². The molecule has 27 heavy (non-hydrogen) atoms. The second-order valence-electron chi connectivity index (χ2n) is 6.87. The topological polar surface area (TPSA) is 52.6 Å². The van der Waals surface area contributed by atoms with Gasteiger partial charge in [0.2, 0.25) is 0 Å². The van der Waals surface area contributed by atoms with Crippen LogP contribution in [-0.2, 0) is 15.0 Å². The maximum atomic E-state index is 11.8. The molecule has 0 radical (unpaired) electrons. The van der Waals surface area contributed by atoms with Gasteiger partial charge in [0.15, 0.2) is 0 Å². The molecule has 0 aromatic heterocycles. The first kappa shape index (κ1) is 20.2.